The van der Waals surface area contributed by atoms with Crippen molar-refractivity contribution in [3.8, 4) is 17.2 Å². The summed E-state index contributed by atoms with van der Waals surface area (Å²) in [7, 11) is 3.25. The Morgan fingerprint density at radius 3 is 2.54 bits per heavy atom. The summed E-state index contributed by atoms with van der Waals surface area (Å²) in [5.41, 5.74) is 7.34. The molecule has 1 aliphatic rings. The van der Waals surface area contributed by atoms with Crippen LogP contribution >= 0.6 is 0 Å². The number of ether oxygens (including phenoxy) is 3. The van der Waals surface area contributed by atoms with E-state index in [1.807, 2.05) is 54.3 Å². The first-order valence-corrected chi connectivity index (χ1v) is 14.1. The predicted molar refractivity (Wildman–Crippen MR) is 160 cm³/mol. The molecular weight excluding hydrogens is 514 g/mol. The number of carbonyl (C=O) groups is 1. The summed E-state index contributed by atoms with van der Waals surface area (Å²) in [4.78, 5) is 20.9. The minimum absolute atomic E-state index is 0.0615. The zero-order valence-corrected chi connectivity index (χ0v) is 24.2. The van der Waals surface area contributed by atoms with Gasteiger partial charge in [-0.25, -0.2) is 4.98 Å². The van der Waals surface area contributed by atoms with Crippen LogP contribution in [0, 0.1) is 13.8 Å². The van der Waals surface area contributed by atoms with Crippen molar-refractivity contribution in [1.29, 1.82) is 0 Å². The lowest BCUT2D eigenvalue weighted by molar-refractivity contribution is -0.135. The van der Waals surface area contributed by atoms with Gasteiger partial charge in [0.15, 0.2) is 18.1 Å². The Hall–Kier alpha value is -4.52. The summed E-state index contributed by atoms with van der Waals surface area (Å²) >= 11 is 0. The van der Waals surface area contributed by atoms with E-state index in [1.54, 1.807) is 14.2 Å². The quantitative estimate of drug-likeness (QED) is 0.241. The van der Waals surface area contributed by atoms with E-state index in [1.165, 1.54) is 11.1 Å². The molecule has 0 bridgehead atoms. The third kappa shape index (κ3) is 4.65. The van der Waals surface area contributed by atoms with Crippen LogP contribution in [0.15, 0.2) is 66.9 Å². The van der Waals surface area contributed by atoms with Crippen LogP contribution in [-0.4, -0.2) is 47.6 Å². The Balaban J connectivity index is 1.40. The van der Waals surface area contributed by atoms with E-state index in [9.17, 15) is 4.79 Å². The summed E-state index contributed by atoms with van der Waals surface area (Å²) in [5.74, 6) is 1.89. The fourth-order valence-electron chi connectivity index (χ4n) is 6.07. The number of imidazole rings is 1. The number of aryl methyl sites for hydroxylation is 3. The maximum Gasteiger partial charge on any atom is 0.261 e. The molecule has 1 amide bonds. The number of pyridine rings is 1. The standard InChI is InChI=1S/C34H35N3O4/c1-6-23-18-31-35-27-15-16-36(32(38)20-41-28-13-11-24-9-7-8-10-26(24)22(28)3)33(34(27)37(31)19-21(23)2)25-12-14-29(39-4)30(17-25)40-5/h7-14,17-19,33H,6,15-16,20H2,1-5H3. The van der Waals surface area contributed by atoms with E-state index in [0.717, 1.165) is 51.1 Å². The zero-order chi connectivity index (χ0) is 28.7. The van der Waals surface area contributed by atoms with Gasteiger partial charge in [-0.3, -0.25) is 4.79 Å². The van der Waals surface area contributed by atoms with E-state index >= 15 is 0 Å². The SMILES string of the molecule is CCc1cc2nc3c(n2cc1C)C(c1ccc(OC)c(OC)c1)N(C(=O)COc1ccc2ccccc2c1C)CC3. The third-order valence-electron chi connectivity index (χ3n) is 8.27. The van der Waals surface area contributed by atoms with E-state index < -0.39 is 0 Å². The maximum absolute atomic E-state index is 14.0. The summed E-state index contributed by atoms with van der Waals surface area (Å²) in [6, 6.07) is 19.8. The number of aromatic nitrogens is 2. The van der Waals surface area contributed by atoms with Crippen LogP contribution in [0.3, 0.4) is 0 Å². The van der Waals surface area contributed by atoms with Gasteiger partial charge in [-0.15, -0.1) is 0 Å². The molecule has 3 aromatic carbocycles. The van der Waals surface area contributed by atoms with E-state index in [2.05, 4.69) is 42.6 Å². The van der Waals surface area contributed by atoms with Crippen LogP contribution < -0.4 is 14.2 Å². The molecule has 5 aromatic rings. The van der Waals surface area contributed by atoms with Gasteiger partial charge in [0.1, 0.15) is 11.4 Å². The normalized spacial score (nSPS) is 14.8. The molecular formula is C34H35N3O4. The molecule has 2 aromatic heterocycles. The average Bonchev–Trinajstić information content (AvgIpc) is 3.36. The van der Waals surface area contributed by atoms with Crippen molar-refractivity contribution >= 4 is 22.3 Å². The van der Waals surface area contributed by atoms with Gasteiger partial charge in [0.25, 0.3) is 5.91 Å². The molecule has 0 spiro atoms. The molecule has 7 nitrogen and oxygen atoms in total. The Morgan fingerprint density at radius 1 is 0.976 bits per heavy atom. The molecule has 1 aliphatic heterocycles. The second-order valence-electron chi connectivity index (χ2n) is 10.6. The number of methoxy groups -OCH3 is 2. The molecule has 0 radical (unpaired) electrons. The molecule has 0 N–H and O–H groups in total. The first-order valence-electron chi connectivity index (χ1n) is 14.1. The Kier molecular flexibility index (Phi) is 7.03. The number of rotatable bonds is 7. The number of fused-ring (bicyclic) bond motifs is 4. The summed E-state index contributed by atoms with van der Waals surface area (Å²) in [6.45, 7) is 6.79. The predicted octanol–water partition coefficient (Wildman–Crippen LogP) is 6.24. The van der Waals surface area contributed by atoms with Crippen LogP contribution in [0.25, 0.3) is 16.4 Å². The van der Waals surface area contributed by atoms with Crippen LogP contribution in [0.2, 0.25) is 0 Å². The molecule has 0 saturated heterocycles. The molecule has 0 aliphatic carbocycles. The van der Waals surface area contributed by atoms with Crippen molar-refractivity contribution in [2.24, 2.45) is 0 Å². The monoisotopic (exact) mass is 549 g/mol. The molecule has 210 valence electrons. The molecule has 3 heterocycles. The topological polar surface area (TPSA) is 65.3 Å². The fraction of sp³-hybridized carbons (Fsp3) is 0.294. The van der Waals surface area contributed by atoms with E-state index in [0.29, 0.717) is 24.5 Å². The Labute approximate surface area is 240 Å². The van der Waals surface area contributed by atoms with Crippen molar-refractivity contribution < 1.29 is 19.0 Å². The summed E-state index contributed by atoms with van der Waals surface area (Å²) in [5, 5.41) is 2.27. The van der Waals surface area contributed by atoms with Gasteiger partial charge in [-0.1, -0.05) is 43.3 Å². The number of hydrogen-bond acceptors (Lipinski definition) is 5. The highest BCUT2D eigenvalue weighted by atomic mass is 16.5. The Morgan fingerprint density at radius 2 is 1.76 bits per heavy atom. The molecule has 7 heteroatoms. The lowest BCUT2D eigenvalue weighted by Gasteiger charge is -2.36. The second-order valence-corrected chi connectivity index (χ2v) is 10.6. The molecule has 6 rings (SSSR count). The highest BCUT2D eigenvalue weighted by molar-refractivity contribution is 5.87. The van der Waals surface area contributed by atoms with Crippen LogP contribution in [0.4, 0.5) is 0 Å². The van der Waals surface area contributed by atoms with Gasteiger partial charge in [-0.2, -0.15) is 0 Å². The van der Waals surface area contributed by atoms with Crippen molar-refractivity contribution in [2.45, 2.75) is 39.7 Å². The van der Waals surface area contributed by atoms with Gasteiger partial charge in [-0.05, 0) is 77.6 Å². The van der Waals surface area contributed by atoms with Gasteiger partial charge in [0.05, 0.1) is 31.6 Å². The van der Waals surface area contributed by atoms with Crippen molar-refractivity contribution in [1.82, 2.24) is 14.3 Å². The number of benzene rings is 3. The van der Waals surface area contributed by atoms with Crippen molar-refractivity contribution in [2.75, 3.05) is 27.4 Å². The largest absolute Gasteiger partial charge is 0.493 e. The first kappa shape index (κ1) is 26.7. The summed E-state index contributed by atoms with van der Waals surface area (Å²) in [6.07, 6.45) is 3.76. The lowest BCUT2D eigenvalue weighted by Crippen LogP contribution is -2.43. The first-order chi connectivity index (χ1) is 19.9. The van der Waals surface area contributed by atoms with Gasteiger partial charge in [0, 0.05) is 19.2 Å². The van der Waals surface area contributed by atoms with E-state index in [-0.39, 0.29) is 18.6 Å². The molecule has 0 fully saturated rings. The number of amides is 1. The number of nitrogens with zero attached hydrogens (tertiary/aromatic N) is 3. The lowest BCUT2D eigenvalue weighted by atomic mass is 9.94. The molecule has 1 atom stereocenters. The summed E-state index contributed by atoms with van der Waals surface area (Å²) < 4.78 is 19.5. The molecule has 1 unspecified atom stereocenters. The van der Waals surface area contributed by atoms with Crippen LogP contribution in [0.1, 0.15) is 46.6 Å². The average molecular weight is 550 g/mol. The van der Waals surface area contributed by atoms with Crippen LogP contribution in [0.5, 0.6) is 17.2 Å². The third-order valence-corrected chi connectivity index (χ3v) is 8.27. The van der Waals surface area contributed by atoms with Gasteiger partial charge < -0.3 is 23.5 Å². The fourth-order valence-corrected chi connectivity index (χ4v) is 6.07. The zero-order valence-electron chi connectivity index (χ0n) is 24.2. The van der Waals surface area contributed by atoms with E-state index in [4.69, 9.17) is 19.2 Å². The highest BCUT2D eigenvalue weighted by Gasteiger charge is 2.36. The Bertz CT molecular complexity index is 1770. The minimum Gasteiger partial charge on any atom is -0.493 e. The minimum atomic E-state index is -0.366. The smallest absolute Gasteiger partial charge is 0.261 e. The van der Waals surface area contributed by atoms with Gasteiger partial charge >= 0.3 is 0 Å². The second kappa shape index (κ2) is 10.8. The van der Waals surface area contributed by atoms with Crippen molar-refractivity contribution in [3.63, 3.8) is 0 Å². The number of carbonyl (C=O) groups excluding carboxylic acids is 1. The van der Waals surface area contributed by atoms with Crippen LogP contribution in [-0.2, 0) is 17.6 Å². The maximum atomic E-state index is 14.0. The number of hydrogen-bond donors (Lipinski definition) is 0. The highest BCUT2D eigenvalue weighted by Crippen LogP contribution is 2.40. The molecule has 41 heavy (non-hydrogen) atoms. The molecule has 0 saturated carbocycles. The van der Waals surface area contributed by atoms with Gasteiger partial charge in [0.2, 0.25) is 0 Å². The van der Waals surface area contributed by atoms with Crippen molar-refractivity contribution in [3.05, 3.63) is 101 Å².